The summed E-state index contributed by atoms with van der Waals surface area (Å²) in [7, 11) is -3.12. The van der Waals surface area contributed by atoms with Gasteiger partial charge in [0.05, 0.1) is 5.75 Å². The first-order valence-electron chi connectivity index (χ1n) is 5.91. The van der Waals surface area contributed by atoms with Gasteiger partial charge in [-0.05, 0) is 32.4 Å². The molecule has 0 aromatic carbocycles. The van der Waals surface area contributed by atoms with Crippen molar-refractivity contribution in [3.8, 4) is 0 Å². The number of rotatable bonds is 3. The molecule has 1 unspecified atom stereocenters. The highest BCUT2D eigenvalue weighted by atomic mass is 35.5. The average molecular weight is 267 g/mol. The lowest BCUT2D eigenvalue weighted by Gasteiger charge is -2.24. The maximum atomic E-state index is 11.9. The van der Waals surface area contributed by atoms with Crippen molar-refractivity contribution in [3.05, 3.63) is 0 Å². The maximum Gasteiger partial charge on any atom is 0.215 e. The zero-order valence-corrected chi connectivity index (χ0v) is 11.0. The minimum absolute atomic E-state index is 0.0707. The number of sulfonamides is 1. The molecule has 0 aliphatic carbocycles. The summed E-state index contributed by atoms with van der Waals surface area (Å²) in [5.41, 5.74) is 0. The Morgan fingerprint density at radius 2 is 1.94 bits per heavy atom. The smallest absolute Gasteiger partial charge is 0.215 e. The van der Waals surface area contributed by atoms with Gasteiger partial charge in [0.25, 0.3) is 0 Å². The van der Waals surface area contributed by atoms with Gasteiger partial charge < -0.3 is 0 Å². The van der Waals surface area contributed by atoms with Gasteiger partial charge in [0.15, 0.2) is 0 Å². The number of alkyl halides is 1. The summed E-state index contributed by atoms with van der Waals surface area (Å²) in [6.07, 6.45) is 3.28. The summed E-state index contributed by atoms with van der Waals surface area (Å²) in [5.74, 6) is 0.258. The molecule has 0 aromatic heterocycles. The van der Waals surface area contributed by atoms with E-state index in [4.69, 9.17) is 11.6 Å². The van der Waals surface area contributed by atoms with Crippen LogP contribution in [-0.4, -0.2) is 61.5 Å². The van der Waals surface area contributed by atoms with E-state index in [0.717, 1.165) is 25.9 Å². The van der Waals surface area contributed by atoms with E-state index in [2.05, 4.69) is 4.90 Å². The van der Waals surface area contributed by atoms with Crippen LogP contribution in [0.4, 0.5) is 0 Å². The van der Waals surface area contributed by atoms with Crippen molar-refractivity contribution in [1.29, 1.82) is 0 Å². The Labute approximate surface area is 103 Å². The molecule has 1 atom stereocenters. The molecule has 2 fully saturated rings. The molecule has 94 valence electrons. The lowest BCUT2D eigenvalue weighted by molar-refractivity contribution is 0.257. The van der Waals surface area contributed by atoms with Crippen LogP contribution in [0.15, 0.2) is 0 Å². The van der Waals surface area contributed by atoms with Crippen molar-refractivity contribution in [2.45, 2.75) is 25.3 Å². The molecule has 0 bridgehead atoms. The summed E-state index contributed by atoms with van der Waals surface area (Å²) in [6.45, 7) is 3.50. The second-order valence-corrected chi connectivity index (χ2v) is 7.02. The van der Waals surface area contributed by atoms with Crippen LogP contribution < -0.4 is 0 Å². The van der Waals surface area contributed by atoms with E-state index in [1.807, 2.05) is 0 Å². The van der Waals surface area contributed by atoms with Crippen LogP contribution in [0.25, 0.3) is 0 Å². The van der Waals surface area contributed by atoms with Crippen molar-refractivity contribution in [2.24, 2.45) is 0 Å². The van der Waals surface area contributed by atoms with Crippen LogP contribution in [-0.2, 0) is 10.0 Å². The first-order valence-corrected chi connectivity index (χ1v) is 8.06. The lowest BCUT2D eigenvalue weighted by atomic mass is 10.2. The highest BCUT2D eigenvalue weighted by molar-refractivity contribution is 7.89. The van der Waals surface area contributed by atoms with E-state index in [0.29, 0.717) is 19.1 Å². The second-order valence-electron chi connectivity index (χ2n) is 4.55. The molecule has 4 nitrogen and oxygen atoms in total. The van der Waals surface area contributed by atoms with Crippen LogP contribution in [0.5, 0.6) is 0 Å². The van der Waals surface area contributed by atoms with Crippen LogP contribution in [0.2, 0.25) is 0 Å². The Morgan fingerprint density at radius 1 is 1.19 bits per heavy atom. The molecule has 2 aliphatic heterocycles. The zero-order valence-electron chi connectivity index (χ0n) is 9.44. The Balaban J connectivity index is 2.05. The van der Waals surface area contributed by atoms with Crippen molar-refractivity contribution in [1.82, 2.24) is 9.21 Å². The van der Waals surface area contributed by atoms with Gasteiger partial charge in [0.2, 0.25) is 10.0 Å². The predicted octanol–water partition coefficient (Wildman–Crippen LogP) is 0.725. The van der Waals surface area contributed by atoms with E-state index in [9.17, 15) is 8.42 Å². The summed E-state index contributed by atoms with van der Waals surface area (Å²) >= 11 is 5.54. The van der Waals surface area contributed by atoms with Crippen molar-refractivity contribution in [3.63, 3.8) is 0 Å². The molecular formula is C10H19ClN2O2S. The molecular weight excluding hydrogens is 248 g/mol. The quantitative estimate of drug-likeness (QED) is 0.707. The van der Waals surface area contributed by atoms with E-state index >= 15 is 0 Å². The summed E-state index contributed by atoms with van der Waals surface area (Å²) < 4.78 is 25.5. The molecule has 2 rings (SSSR count). The number of halogens is 1. The molecule has 16 heavy (non-hydrogen) atoms. The zero-order chi connectivity index (χ0) is 11.6. The third-order valence-electron chi connectivity index (χ3n) is 3.49. The fourth-order valence-corrected chi connectivity index (χ4v) is 4.50. The lowest BCUT2D eigenvalue weighted by Crippen LogP contribution is -2.40. The summed E-state index contributed by atoms with van der Waals surface area (Å²) in [4.78, 5) is 2.43. The normalized spacial score (nSPS) is 28.9. The molecule has 0 aromatic rings. The fourth-order valence-electron chi connectivity index (χ4n) is 2.65. The molecule has 0 radical (unpaired) electrons. The van der Waals surface area contributed by atoms with Gasteiger partial charge in [0, 0.05) is 25.0 Å². The maximum absolute atomic E-state index is 11.9. The second kappa shape index (κ2) is 5.21. The average Bonchev–Trinajstić information content (AvgIpc) is 2.55. The monoisotopic (exact) mass is 266 g/mol. The minimum Gasteiger partial charge on any atom is -0.299 e. The van der Waals surface area contributed by atoms with E-state index in [1.54, 1.807) is 4.31 Å². The summed E-state index contributed by atoms with van der Waals surface area (Å²) in [6, 6.07) is 0.438. The fraction of sp³-hybridized carbons (Fsp3) is 1.00. The topological polar surface area (TPSA) is 40.6 Å². The number of nitrogens with zero attached hydrogens (tertiary/aromatic N) is 2. The number of hydrogen-bond acceptors (Lipinski definition) is 3. The Morgan fingerprint density at radius 3 is 2.69 bits per heavy atom. The van der Waals surface area contributed by atoms with Gasteiger partial charge in [-0.25, -0.2) is 12.7 Å². The predicted molar refractivity (Wildman–Crippen MR) is 65.3 cm³/mol. The van der Waals surface area contributed by atoms with Crippen LogP contribution in [0.3, 0.4) is 0 Å². The van der Waals surface area contributed by atoms with E-state index in [-0.39, 0.29) is 11.6 Å². The van der Waals surface area contributed by atoms with E-state index < -0.39 is 10.0 Å². The van der Waals surface area contributed by atoms with Gasteiger partial charge >= 0.3 is 0 Å². The molecule has 0 spiro atoms. The standard InChI is InChI=1S/C10H19ClN2O2S/c11-4-8-16(14,15)13-7-2-6-12-5-1-3-10(12)9-13/h10H,1-9H2. The van der Waals surface area contributed by atoms with Gasteiger partial charge in [-0.3, -0.25) is 4.90 Å². The van der Waals surface area contributed by atoms with Gasteiger partial charge in [-0.2, -0.15) is 0 Å². The molecule has 2 aliphatic rings. The Bertz CT molecular complexity index is 334. The van der Waals surface area contributed by atoms with Crippen molar-refractivity contribution < 1.29 is 8.42 Å². The highest BCUT2D eigenvalue weighted by Gasteiger charge is 2.32. The van der Waals surface area contributed by atoms with Crippen LogP contribution >= 0.6 is 11.6 Å². The molecule has 2 saturated heterocycles. The number of fused-ring (bicyclic) bond motifs is 1. The number of hydrogen-bond donors (Lipinski definition) is 0. The molecule has 6 heteroatoms. The molecule has 0 saturated carbocycles. The molecule has 0 amide bonds. The first kappa shape index (κ1) is 12.6. The Kier molecular flexibility index (Phi) is 4.11. The van der Waals surface area contributed by atoms with Crippen molar-refractivity contribution >= 4 is 21.6 Å². The van der Waals surface area contributed by atoms with Crippen molar-refractivity contribution in [2.75, 3.05) is 37.8 Å². The highest BCUT2D eigenvalue weighted by Crippen LogP contribution is 2.22. The third kappa shape index (κ3) is 2.70. The van der Waals surface area contributed by atoms with Gasteiger partial charge in [-0.15, -0.1) is 11.6 Å². The van der Waals surface area contributed by atoms with Gasteiger partial charge in [0.1, 0.15) is 0 Å². The van der Waals surface area contributed by atoms with Gasteiger partial charge in [-0.1, -0.05) is 0 Å². The molecule has 2 heterocycles. The first-order chi connectivity index (χ1) is 7.63. The Hall–Kier alpha value is 0.160. The minimum atomic E-state index is -3.12. The summed E-state index contributed by atoms with van der Waals surface area (Å²) in [5, 5.41) is 0. The van der Waals surface area contributed by atoms with Crippen LogP contribution in [0.1, 0.15) is 19.3 Å². The van der Waals surface area contributed by atoms with Crippen LogP contribution in [0, 0.1) is 0 Å². The third-order valence-corrected chi connectivity index (χ3v) is 5.75. The largest absolute Gasteiger partial charge is 0.299 e. The SMILES string of the molecule is O=S(=O)(CCCl)N1CCCN2CCCC2C1. The van der Waals surface area contributed by atoms with E-state index in [1.165, 1.54) is 6.42 Å². The molecule has 0 N–H and O–H groups in total.